The normalized spacial score (nSPS) is 9.47. The van der Waals surface area contributed by atoms with Crippen LogP contribution in [0, 0.1) is 10.1 Å². The number of hydrazine groups is 1. The Morgan fingerprint density at radius 3 is 2.71 bits per heavy atom. The molecule has 0 aliphatic carbocycles. The lowest BCUT2D eigenvalue weighted by Crippen LogP contribution is -2.41. The highest BCUT2D eigenvalue weighted by atomic mass is 16.6. The van der Waals surface area contributed by atoms with Gasteiger partial charge < -0.3 is 9.15 Å². The van der Waals surface area contributed by atoms with Crippen molar-refractivity contribution < 1.29 is 23.7 Å². The standard InChI is InChI=1S/C8H9N3O6/c1-2-16-8(13)10-9-7(12)5-3-4-6(17-5)11(14)15/h3-4H,2H2,1H3,(H,9,12)(H,10,13). The topological polar surface area (TPSA) is 124 Å². The largest absolute Gasteiger partial charge is 0.449 e. The van der Waals surface area contributed by atoms with Crippen molar-refractivity contribution in [2.45, 2.75) is 6.92 Å². The Morgan fingerprint density at radius 1 is 1.47 bits per heavy atom. The SMILES string of the molecule is CCOC(=O)NNC(=O)c1ccc([N+](=O)[O-])o1. The molecule has 17 heavy (non-hydrogen) atoms. The average molecular weight is 243 g/mol. The van der Waals surface area contributed by atoms with Crippen LogP contribution < -0.4 is 10.9 Å². The van der Waals surface area contributed by atoms with Crippen molar-refractivity contribution in [3.8, 4) is 0 Å². The summed E-state index contributed by atoms with van der Waals surface area (Å²) in [6, 6.07) is 2.14. The molecule has 0 radical (unpaired) electrons. The van der Waals surface area contributed by atoms with Gasteiger partial charge in [0.2, 0.25) is 5.76 Å². The molecule has 0 aromatic carbocycles. The Labute approximate surface area is 94.8 Å². The predicted molar refractivity (Wildman–Crippen MR) is 53.0 cm³/mol. The second kappa shape index (κ2) is 5.49. The first kappa shape index (κ1) is 12.5. The molecule has 2 N–H and O–H groups in total. The molecule has 92 valence electrons. The predicted octanol–water partition coefficient (Wildman–Crippen LogP) is 0.579. The van der Waals surface area contributed by atoms with Gasteiger partial charge in [-0.1, -0.05) is 0 Å². The van der Waals surface area contributed by atoms with Crippen molar-refractivity contribution >= 4 is 17.9 Å². The number of nitrogens with one attached hydrogen (secondary N) is 2. The van der Waals surface area contributed by atoms with E-state index in [0.717, 1.165) is 12.1 Å². The third-order valence-corrected chi connectivity index (χ3v) is 1.55. The van der Waals surface area contributed by atoms with Gasteiger partial charge in [-0.3, -0.25) is 20.3 Å². The minimum Gasteiger partial charge on any atom is -0.449 e. The third kappa shape index (κ3) is 3.48. The van der Waals surface area contributed by atoms with Crippen molar-refractivity contribution in [3.63, 3.8) is 0 Å². The first-order chi connectivity index (χ1) is 8.04. The number of carbonyl (C=O) groups excluding carboxylic acids is 2. The number of carbonyl (C=O) groups is 2. The van der Waals surface area contributed by atoms with E-state index in [2.05, 4.69) is 9.15 Å². The molecule has 1 rings (SSSR count). The molecule has 2 amide bonds. The van der Waals surface area contributed by atoms with E-state index >= 15 is 0 Å². The summed E-state index contributed by atoms with van der Waals surface area (Å²) in [5.74, 6) is -1.69. The van der Waals surface area contributed by atoms with Crippen molar-refractivity contribution in [1.29, 1.82) is 0 Å². The Bertz CT molecular complexity index is 440. The minimum absolute atomic E-state index is 0.147. The van der Waals surface area contributed by atoms with Crippen LogP contribution in [0.1, 0.15) is 17.5 Å². The van der Waals surface area contributed by atoms with Crippen LogP contribution in [0.15, 0.2) is 16.5 Å². The van der Waals surface area contributed by atoms with E-state index in [1.54, 1.807) is 6.92 Å². The highest BCUT2D eigenvalue weighted by molar-refractivity contribution is 5.92. The van der Waals surface area contributed by atoms with Gasteiger partial charge in [-0.05, 0) is 13.0 Å². The zero-order valence-electron chi connectivity index (χ0n) is 8.76. The molecular weight excluding hydrogens is 234 g/mol. The maximum atomic E-state index is 11.3. The molecule has 0 atom stereocenters. The highest BCUT2D eigenvalue weighted by Crippen LogP contribution is 2.14. The van der Waals surface area contributed by atoms with Gasteiger partial charge >= 0.3 is 17.9 Å². The maximum absolute atomic E-state index is 11.3. The summed E-state index contributed by atoms with van der Waals surface area (Å²) in [4.78, 5) is 31.6. The summed E-state index contributed by atoms with van der Waals surface area (Å²) >= 11 is 0. The summed E-state index contributed by atoms with van der Waals surface area (Å²) in [7, 11) is 0. The molecule has 0 unspecified atom stereocenters. The Balaban J connectivity index is 2.52. The monoisotopic (exact) mass is 243 g/mol. The number of rotatable bonds is 3. The lowest BCUT2D eigenvalue weighted by Gasteiger charge is -2.04. The van der Waals surface area contributed by atoms with E-state index in [4.69, 9.17) is 0 Å². The average Bonchev–Trinajstić information content (AvgIpc) is 2.75. The van der Waals surface area contributed by atoms with Crippen LogP contribution in [0.25, 0.3) is 0 Å². The van der Waals surface area contributed by atoms with Crippen LogP contribution in [0.5, 0.6) is 0 Å². The number of ether oxygens (including phenoxy) is 1. The van der Waals surface area contributed by atoms with E-state index in [-0.39, 0.29) is 12.4 Å². The molecule has 9 nitrogen and oxygen atoms in total. The van der Waals surface area contributed by atoms with Gasteiger partial charge in [0.25, 0.3) is 0 Å². The van der Waals surface area contributed by atoms with Gasteiger partial charge in [0.1, 0.15) is 4.92 Å². The fourth-order valence-electron chi connectivity index (χ4n) is 0.884. The van der Waals surface area contributed by atoms with Crippen LogP contribution >= 0.6 is 0 Å². The molecule has 0 aliphatic heterocycles. The van der Waals surface area contributed by atoms with Gasteiger partial charge in [-0.15, -0.1) is 0 Å². The summed E-state index contributed by atoms with van der Waals surface area (Å²) < 4.78 is 9.06. The summed E-state index contributed by atoms with van der Waals surface area (Å²) in [6.45, 7) is 1.74. The Kier molecular flexibility index (Phi) is 4.03. The van der Waals surface area contributed by atoms with Crippen molar-refractivity contribution in [2.75, 3.05) is 6.61 Å². The molecule has 0 saturated heterocycles. The van der Waals surface area contributed by atoms with E-state index < -0.39 is 22.8 Å². The fraction of sp³-hybridized carbons (Fsp3) is 0.250. The summed E-state index contributed by atoms with van der Waals surface area (Å²) in [5.41, 5.74) is 3.89. The number of nitro groups is 1. The molecule has 1 aromatic heterocycles. The Hall–Kier alpha value is -2.58. The molecular formula is C8H9N3O6. The van der Waals surface area contributed by atoms with E-state index in [1.165, 1.54) is 0 Å². The van der Waals surface area contributed by atoms with Gasteiger partial charge in [-0.25, -0.2) is 10.2 Å². The van der Waals surface area contributed by atoms with E-state index in [0.29, 0.717) is 0 Å². The lowest BCUT2D eigenvalue weighted by atomic mass is 10.4. The van der Waals surface area contributed by atoms with E-state index in [9.17, 15) is 19.7 Å². The van der Waals surface area contributed by atoms with Gasteiger partial charge in [0.05, 0.1) is 12.7 Å². The molecule has 0 aliphatic rings. The molecule has 0 saturated carbocycles. The van der Waals surface area contributed by atoms with Crippen LogP contribution in [-0.4, -0.2) is 23.5 Å². The quantitative estimate of drug-likeness (QED) is 0.591. The highest BCUT2D eigenvalue weighted by Gasteiger charge is 2.17. The van der Waals surface area contributed by atoms with Crippen LogP contribution in [0.2, 0.25) is 0 Å². The third-order valence-electron chi connectivity index (χ3n) is 1.55. The molecule has 9 heteroatoms. The minimum atomic E-state index is -0.845. The zero-order chi connectivity index (χ0) is 12.8. The smallest absolute Gasteiger partial charge is 0.433 e. The van der Waals surface area contributed by atoms with Gasteiger partial charge in [0, 0.05) is 0 Å². The lowest BCUT2D eigenvalue weighted by molar-refractivity contribution is -0.402. The number of hydrogen-bond donors (Lipinski definition) is 2. The molecule has 0 spiro atoms. The molecule has 1 aromatic rings. The molecule has 1 heterocycles. The van der Waals surface area contributed by atoms with Crippen LogP contribution in [0.3, 0.4) is 0 Å². The van der Waals surface area contributed by atoms with Crippen molar-refractivity contribution in [1.82, 2.24) is 10.9 Å². The van der Waals surface area contributed by atoms with Crippen molar-refractivity contribution in [2.24, 2.45) is 0 Å². The molecule has 0 fully saturated rings. The van der Waals surface area contributed by atoms with Crippen molar-refractivity contribution in [3.05, 3.63) is 28.0 Å². The van der Waals surface area contributed by atoms with Crippen LogP contribution in [-0.2, 0) is 4.74 Å². The van der Waals surface area contributed by atoms with E-state index in [1.807, 2.05) is 10.9 Å². The Morgan fingerprint density at radius 2 is 2.18 bits per heavy atom. The second-order valence-electron chi connectivity index (χ2n) is 2.69. The maximum Gasteiger partial charge on any atom is 0.433 e. The number of nitrogens with zero attached hydrogens (tertiary/aromatic N) is 1. The molecule has 0 bridgehead atoms. The number of hydrogen-bond acceptors (Lipinski definition) is 6. The first-order valence-electron chi connectivity index (χ1n) is 4.52. The van der Waals surface area contributed by atoms with Crippen LogP contribution in [0.4, 0.5) is 10.7 Å². The number of furan rings is 1. The summed E-state index contributed by atoms with van der Waals surface area (Å²) in [6.07, 6.45) is -0.845. The zero-order valence-corrected chi connectivity index (χ0v) is 8.76. The number of amides is 2. The first-order valence-corrected chi connectivity index (χ1v) is 4.52. The second-order valence-corrected chi connectivity index (χ2v) is 2.69. The summed E-state index contributed by atoms with van der Waals surface area (Å²) in [5, 5.41) is 10.3. The van der Waals surface area contributed by atoms with Gasteiger partial charge in [0.15, 0.2) is 0 Å². The fourth-order valence-corrected chi connectivity index (χ4v) is 0.884. The van der Waals surface area contributed by atoms with Gasteiger partial charge in [-0.2, -0.15) is 0 Å².